The molecule has 4 heteroatoms. The molecule has 0 bridgehead atoms. The number of allylic oxidation sites excluding steroid dienone is 4. The van der Waals surface area contributed by atoms with Crippen molar-refractivity contribution in [3.8, 4) is 0 Å². The summed E-state index contributed by atoms with van der Waals surface area (Å²) in [6.45, 7) is 6.58. The second kappa shape index (κ2) is 8.45. The van der Waals surface area contributed by atoms with Crippen LogP contribution >= 0.6 is 0 Å². The molecule has 0 saturated heterocycles. The molecule has 0 spiro atoms. The minimum Gasteiger partial charge on any atom is -0.480 e. The number of carbonyl (C=O) groups is 2. The van der Waals surface area contributed by atoms with Crippen molar-refractivity contribution >= 4 is 11.9 Å². The van der Waals surface area contributed by atoms with Crippen LogP contribution in [0, 0.1) is 0 Å². The lowest BCUT2D eigenvalue weighted by atomic mass is 10.1. The van der Waals surface area contributed by atoms with Crippen molar-refractivity contribution in [2.24, 2.45) is 0 Å². The van der Waals surface area contributed by atoms with E-state index in [9.17, 15) is 9.59 Å². The lowest BCUT2D eigenvalue weighted by Crippen LogP contribution is -2.31. The third-order valence-corrected chi connectivity index (χ3v) is 3.41. The molecule has 1 rings (SSSR count). The molecule has 0 aliphatic carbocycles. The second-order valence-electron chi connectivity index (χ2n) is 5.80. The van der Waals surface area contributed by atoms with Gasteiger partial charge in [-0.25, -0.2) is 0 Å². The van der Waals surface area contributed by atoms with Crippen LogP contribution in [0.15, 0.2) is 34.9 Å². The van der Waals surface area contributed by atoms with Gasteiger partial charge in [-0.05, 0) is 52.0 Å². The summed E-state index contributed by atoms with van der Waals surface area (Å²) in [5.41, 5.74) is 3.73. The molecule has 1 N–H and O–H groups in total. The zero-order valence-corrected chi connectivity index (χ0v) is 13.2. The van der Waals surface area contributed by atoms with Crippen molar-refractivity contribution in [3.63, 3.8) is 0 Å². The molecule has 1 aliphatic heterocycles. The average Bonchev–Trinajstić information content (AvgIpc) is 2.68. The van der Waals surface area contributed by atoms with E-state index in [2.05, 4.69) is 32.9 Å². The Hall–Kier alpha value is -1.84. The Labute approximate surface area is 126 Å². The van der Waals surface area contributed by atoms with Crippen molar-refractivity contribution in [1.82, 2.24) is 4.90 Å². The van der Waals surface area contributed by atoms with E-state index in [1.54, 1.807) is 6.08 Å². The number of carboxylic acids is 1. The molecule has 1 heterocycles. The first-order valence-corrected chi connectivity index (χ1v) is 7.37. The number of amides is 1. The third kappa shape index (κ3) is 6.93. The molecular weight excluding hydrogens is 266 g/mol. The molecule has 0 atom stereocenters. The van der Waals surface area contributed by atoms with E-state index in [1.807, 2.05) is 0 Å². The molecule has 0 saturated carbocycles. The van der Waals surface area contributed by atoms with Crippen molar-refractivity contribution in [2.45, 2.75) is 46.5 Å². The topological polar surface area (TPSA) is 57.6 Å². The number of hydrogen-bond acceptors (Lipinski definition) is 2. The van der Waals surface area contributed by atoms with E-state index in [0.29, 0.717) is 6.54 Å². The molecule has 0 radical (unpaired) electrons. The fourth-order valence-corrected chi connectivity index (χ4v) is 2.28. The number of rotatable bonds is 8. The summed E-state index contributed by atoms with van der Waals surface area (Å²) >= 11 is 0. The summed E-state index contributed by atoms with van der Waals surface area (Å²) in [5.74, 6) is -1.15. The zero-order chi connectivity index (χ0) is 15.8. The maximum atomic E-state index is 11.6. The Morgan fingerprint density at radius 3 is 2.62 bits per heavy atom. The summed E-state index contributed by atoms with van der Waals surface area (Å²) in [6, 6.07) is 0. The first-order valence-electron chi connectivity index (χ1n) is 7.37. The Bertz CT molecular complexity index is 482. The number of nitrogens with zero attached hydrogens (tertiary/aromatic N) is 1. The largest absolute Gasteiger partial charge is 0.480 e. The fourth-order valence-electron chi connectivity index (χ4n) is 2.28. The number of carboxylic acid groups (broad SMARTS) is 1. The normalized spacial score (nSPS) is 15.2. The highest BCUT2D eigenvalue weighted by atomic mass is 16.4. The summed E-state index contributed by atoms with van der Waals surface area (Å²) in [4.78, 5) is 23.6. The standard InChI is InChI=1S/C17H25NO3/c1-13(2)6-4-7-14(3)8-5-9-15-10-16(19)18(11-15)12-17(20)21/h6,8,10H,4-5,7,9,11-12H2,1-3H3,(H,20,21)/b14-8+. The fraction of sp³-hybridized carbons (Fsp3) is 0.529. The molecule has 0 aromatic heterocycles. The van der Waals surface area contributed by atoms with Crippen LogP contribution in [0.2, 0.25) is 0 Å². The highest BCUT2D eigenvalue weighted by Gasteiger charge is 2.22. The molecule has 4 nitrogen and oxygen atoms in total. The van der Waals surface area contributed by atoms with Gasteiger partial charge in [0.05, 0.1) is 0 Å². The molecule has 1 aliphatic rings. The maximum Gasteiger partial charge on any atom is 0.323 e. The summed E-state index contributed by atoms with van der Waals surface area (Å²) in [6.07, 6.45) is 9.88. The molecule has 116 valence electrons. The molecule has 21 heavy (non-hydrogen) atoms. The van der Waals surface area contributed by atoms with Gasteiger partial charge in [-0.2, -0.15) is 0 Å². The number of carbonyl (C=O) groups excluding carboxylic acids is 1. The lowest BCUT2D eigenvalue weighted by Gasteiger charge is -2.13. The van der Waals surface area contributed by atoms with Gasteiger partial charge in [0.15, 0.2) is 0 Å². The Balaban J connectivity index is 2.33. The second-order valence-corrected chi connectivity index (χ2v) is 5.80. The van der Waals surface area contributed by atoms with Gasteiger partial charge in [0, 0.05) is 12.6 Å². The van der Waals surface area contributed by atoms with Gasteiger partial charge >= 0.3 is 5.97 Å². The van der Waals surface area contributed by atoms with Crippen molar-refractivity contribution in [2.75, 3.05) is 13.1 Å². The summed E-state index contributed by atoms with van der Waals surface area (Å²) in [5, 5.41) is 8.72. The van der Waals surface area contributed by atoms with Crippen LogP contribution in [-0.2, 0) is 9.59 Å². The van der Waals surface area contributed by atoms with E-state index in [4.69, 9.17) is 5.11 Å². The van der Waals surface area contributed by atoms with Crippen molar-refractivity contribution in [1.29, 1.82) is 0 Å². The number of aliphatic carboxylic acids is 1. The van der Waals surface area contributed by atoms with E-state index in [-0.39, 0.29) is 12.5 Å². The quantitative estimate of drug-likeness (QED) is 0.698. The average molecular weight is 291 g/mol. The van der Waals surface area contributed by atoms with Crippen molar-refractivity contribution < 1.29 is 14.7 Å². The van der Waals surface area contributed by atoms with E-state index < -0.39 is 5.97 Å². The van der Waals surface area contributed by atoms with Crippen LogP contribution in [0.25, 0.3) is 0 Å². The van der Waals surface area contributed by atoms with Gasteiger partial charge in [-0.1, -0.05) is 23.3 Å². The highest BCUT2D eigenvalue weighted by Crippen LogP contribution is 2.17. The first-order chi connectivity index (χ1) is 9.88. The Morgan fingerprint density at radius 1 is 1.29 bits per heavy atom. The molecule has 1 amide bonds. The first kappa shape index (κ1) is 17.2. The van der Waals surface area contributed by atoms with Gasteiger partial charge in [0.25, 0.3) is 0 Å². The molecule has 0 unspecified atom stereocenters. The molecular formula is C17H25NO3. The van der Waals surface area contributed by atoms with E-state index >= 15 is 0 Å². The smallest absolute Gasteiger partial charge is 0.323 e. The SMILES string of the molecule is CC(C)=CCC/C(C)=C/CCC1=CC(=O)N(CC(=O)O)C1. The monoisotopic (exact) mass is 291 g/mol. The van der Waals surface area contributed by atoms with Gasteiger partial charge in [-0.3, -0.25) is 9.59 Å². The minimum absolute atomic E-state index is 0.184. The van der Waals surface area contributed by atoms with Gasteiger partial charge in [0.2, 0.25) is 5.91 Å². The van der Waals surface area contributed by atoms with Gasteiger partial charge in [-0.15, -0.1) is 0 Å². The maximum absolute atomic E-state index is 11.6. The lowest BCUT2D eigenvalue weighted by molar-refractivity contribution is -0.141. The van der Waals surface area contributed by atoms with Crippen LogP contribution in [0.4, 0.5) is 0 Å². The predicted molar refractivity (Wildman–Crippen MR) is 84.0 cm³/mol. The van der Waals surface area contributed by atoms with E-state index in [1.165, 1.54) is 16.0 Å². The minimum atomic E-state index is -0.965. The zero-order valence-electron chi connectivity index (χ0n) is 13.2. The van der Waals surface area contributed by atoms with Crippen LogP contribution in [-0.4, -0.2) is 35.0 Å². The summed E-state index contributed by atoms with van der Waals surface area (Å²) in [7, 11) is 0. The van der Waals surface area contributed by atoms with Crippen LogP contribution in [0.1, 0.15) is 46.5 Å². The van der Waals surface area contributed by atoms with E-state index in [0.717, 1.165) is 31.3 Å². The number of hydrogen-bond donors (Lipinski definition) is 1. The highest BCUT2D eigenvalue weighted by molar-refractivity contribution is 5.93. The molecule has 0 fully saturated rings. The van der Waals surface area contributed by atoms with Gasteiger partial charge < -0.3 is 10.0 Å². The van der Waals surface area contributed by atoms with Crippen LogP contribution in [0.3, 0.4) is 0 Å². The predicted octanol–water partition coefficient (Wildman–Crippen LogP) is 3.31. The molecule has 0 aromatic carbocycles. The van der Waals surface area contributed by atoms with Crippen molar-refractivity contribution in [3.05, 3.63) is 34.9 Å². The molecule has 0 aromatic rings. The third-order valence-electron chi connectivity index (χ3n) is 3.41. The Kier molecular flexibility index (Phi) is 6.92. The summed E-state index contributed by atoms with van der Waals surface area (Å²) < 4.78 is 0. The van der Waals surface area contributed by atoms with Crippen LogP contribution in [0.5, 0.6) is 0 Å². The van der Waals surface area contributed by atoms with Crippen LogP contribution < -0.4 is 0 Å². The Morgan fingerprint density at radius 2 is 2.00 bits per heavy atom. The van der Waals surface area contributed by atoms with Gasteiger partial charge in [0.1, 0.15) is 6.54 Å².